The molecule has 0 spiro atoms. The lowest BCUT2D eigenvalue weighted by Gasteiger charge is -2.37. The van der Waals surface area contributed by atoms with Gasteiger partial charge >= 0.3 is 6.09 Å². The molecule has 5 nitrogen and oxygen atoms in total. The van der Waals surface area contributed by atoms with Gasteiger partial charge in [0, 0.05) is 31.4 Å². The van der Waals surface area contributed by atoms with Gasteiger partial charge in [0.25, 0.3) is 0 Å². The van der Waals surface area contributed by atoms with Crippen molar-refractivity contribution < 1.29 is 14.6 Å². The van der Waals surface area contributed by atoms with Crippen LogP contribution in [0.25, 0.3) is 0 Å². The summed E-state index contributed by atoms with van der Waals surface area (Å²) in [6.45, 7) is 6.71. The average molecular weight is 306 g/mol. The number of aliphatic hydroxyl groups excluding tert-OH is 1. The van der Waals surface area contributed by atoms with Gasteiger partial charge in [-0.3, -0.25) is 4.98 Å². The lowest BCUT2D eigenvalue weighted by molar-refractivity contribution is -0.00983. The van der Waals surface area contributed by atoms with Crippen LogP contribution in [-0.2, 0) is 11.2 Å². The van der Waals surface area contributed by atoms with Crippen LogP contribution in [0.1, 0.15) is 39.2 Å². The van der Waals surface area contributed by atoms with Crippen LogP contribution < -0.4 is 0 Å². The van der Waals surface area contributed by atoms with Gasteiger partial charge in [-0.15, -0.1) is 0 Å². The minimum absolute atomic E-state index is 0.0921. The summed E-state index contributed by atoms with van der Waals surface area (Å²) >= 11 is 0. The number of rotatable bonds is 3. The van der Waals surface area contributed by atoms with Crippen LogP contribution >= 0.6 is 0 Å². The first-order valence-electron chi connectivity index (χ1n) is 7.90. The van der Waals surface area contributed by atoms with Gasteiger partial charge in [-0.1, -0.05) is 0 Å². The second kappa shape index (κ2) is 7.09. The molecule has 2 unspecified atom stereocenters. The third kappa shape index (κ3) is 4.98. The normalized spacial score (nSPS) is 22.5. The number of hydrogen-bond acceptors (Lipinski definition) is 4. The van der Waals surface area contributed by atoms with E-state index in [9.17, 15) is 9.90 Å². The van der Waals surface area contributed by atoms with Crippen LogP contribution in [0.4, 0.5) is 4.79 Å². The van der Waals surface area contributed by atoms with E-state index in [-0.39, 0.29) is 18.1 Å². The SMILES string of the molecule is CC(C)(C)OC(=O)N1CCC(O)C(CCc2ccncc2)C1. The van der Waals surface area contributed by atoms with Crippen molar-refractivity contribution in [3.8, 4) is 0 Å². The van der Waals surface area contributed by atoms with Crippen LogP contribution in [0.15, 0.2) is 24.5 Å². The predicted octanol–water partition coefficient (Wildman–Crippen LogP) is 2.63. The minimum atomic E-state index is -0.486. The maximum absolute atomic E-state index is 12.2. The molecule has 2 atom stereocenters. The number of ether oxygens (including phenoxy) is 1. The predicted molar refractivity (Wildman–Crippen MR) is 84.5 cm³/mol. The van der Waals surface area contributed by atoms with Crippen molar-refractivity contribution in [3.05, 3.63) is 30.1 Å². The average Bonchev–Trinajstić information content (AvgIpc) is 2.45. The highest BCUT2D eigenvalue weighted by molar-refractivity contribution is 5.68. The maximum Gasteiger partial charge on any atom is 0.410 e. The van der Waals surface area contributed by atoms with Gasteiger partial charge in [-0.25, -0.2) is 4.79 Å². The Labute approximate surface area is 132 Å². The quantitative estimate of drug-likeness (QED) is 0.932. The highest BCUT2D eigenvalue weighted by atomic mass is 16.6. The summed E-state index contributed by atoms with van der Waals surface area (Å²) in [5.41, 5.74) is 0.719. The van der Waals surface area contributed by atoms with Crippen molar-refractivity contribution in [2.24, 2.45) is 5.92 Å². The molecule has 122 valence electrons. The molecular weight excluding hydrogens is 280 g/mol. The molecular formula is C17H26N2O3. The number of hydrogen-bond donors (Lipinski definition) is 1. The van der Waals surface area contributed by atoms with E-state index in [2.05, 4.69) is 4.98 Å². The minimum Gasteiger partial charge on any atom is -0.444 e. The Kier molecular flexibility index (Phi) is 5.40. The van der Waals surface area contributed by atoms with E-state index in [0.29, 0.717) is 19.5 Å². The number of piperidine rings is 1. The Balaban J connectivity index is 1.89. The number of aryl methyl sites for hydroxylation is 1. The zero-order valence-electron chi connectivity index (χ0n) is 13.7. The first-order valence-corrected chi connectivity index (χ1v) is 7.90. The zero-order valence-corrected chi connectivity index (χ0v) is 13.7. The van der Waals surface area contributed by atoms with Crippen molar-refractivity contribution in [1.82, 2.24) is 9.88 Å². The van der Waals surface area contributed by atoms with E-state index < -0.39 is 5.60 Å². The van der Waals surface area contributed by atoms with E-state index in [1.165, 1.54) is 5.56 Å². The molecule has 1 N–H and O–H groups in total. The molecule has 1 aromatic heterocycles. The van der Waals surface area contributed by atoms with E-state index in [1.807, 2.05) is 32.9 Å². The van der Waals surface area contributed by atoms with E-state index in [1.54, 1.807) is 17.3 Å². The Morgan fingerprint density at radius 1 is 1.41 bits per heavy atom. The van der Waals surface area contributed by atoms with Crippen molar-refractivity contribution in [2.45, 2.75) is 51.7 Å². The smallest absolute Gasteiger partial charge is 0.410 e. The number of aliphatic hydroxyl groups is 1. The van der Waals surface area contributed by atoms with Crippen LogP contribution in [0.2, 0.25) is 0 Å². The van der Waals surface area contributed by atoms with Gasteiger partial charge in [0.2, 0.25) is 0 Å². The zero-order chi connectivity index (χ0) is 16.2. The summed E-state index contributed by atoms with van der Waals surface area (Å²) in [6, 6.07) is 3.97. The molecule has 1 saturated heterocycles. The van der Waals surface area contributed by atoms with Crippen molar-refractivity contribution >= 4 is 6.09 Å². The summed E-state index contributed by atoms with van der Waals surface area (Å²) in [5, 5.41) is 10.2. The first kappa shape index (κ1) is 16.7. The summed E-state index contributed by atoms with van der Waals surface area (Å²) in [4.78, 5) is 17.9. The molecule has 1 aliphatic heterocycles. The van der Waals surface area contributed by atoms with Gasteiger partial charge in [0.15, 0.2) is 0 Å². The summed E-state index contributed by atoms with van der Waals surface area (Å²) in [5.74, 6) is 0.0921. The fourth-order valence-electron chi connectivity index (χ4n) is 2.70. The van der Waals surface area contributed by atoms with Gasteiger partial charge in [-0.2, -0.15) is 0 Å². The van der Waals surface area contributed by atoms with Crippen LogP contribution in [0.5, 0.6) is 0 Å². The molecule has 1 aliphatic rings. The first-order chi connectivity index (χ1) is 10.3. The molecule has 5 heteroatoms. The lowest BCUT2D eigenvalue weighted by atomic mass is 9.89. The van der Waals surface area contributed by atoms with Crippen molar-refractivity contribution in [3.63, 3.8) is 0 Å². The van der Waals surface area contributed by atoms with E-state index in [0.717, 1.165) is 12.8 Å². The number of likely N-dealkylation sites (tertiary alicyclic amines) is 1. The van der Waals surface area contributed by atoms with E-state index >= 15 is 0 Å². The molecule has 0 radical (unpaired) electrons. The van der Waals surface area contributed by atoms with Crippen LogP contribution in [-0.4, -0.2) is 45.9 Å². The molecule has 0 saturated carbocycles. The van der Waals surface area contributed by atoms with Gasteiger partial charge in [-0.05, 0) is 57.7 Å². The fraction of sp³-hybridized carbons (Fsp3) is 0.647. The summed E-state index contributed by atoms with van der Waals surface area (Å²) < 4.78 is 5.42. The highest BCUT2D eigenvalue weighted by Crippen LogP contribution is 2.23. The Hall–Kier alpha value is -1.62. The second-order valence-corrected chi connectivity index (χ2v) is 6.94. The monoisotopic (exact) mass is 306 g/mol. The highest BCUT2D eigenvalue weighted by Gasteiger charge is 2.32. The maximum atomic E-state index is 12.2. The van der Waals surface area contributed by atoms with E-state index in [4.69, 9.17) is 4.74 Å². The Morgan fingerprint density at radius 3 is 2.73 bits per heavy atom. The molecule has 2 heterocycles. The van der Waals surface area contributed by atoms with Gasteiger partial charge in [0.05, 0.1) is 6.10 Å². The molecule has 1 fully saturated rings. The van der Waals surface area contributed by atoms with Gasteiger partial charge < -0.3 is 14.7 Å². The summed E-state index contributed by atoms with van der Waals surface area (Å²) in [7, 11) is 0. The van der Waals surface area contributed by atoms with Crippen molar-refractivity contribution in [1.29, 1.82) is 0 Å². The lowest BCUT2D eigenvalue weighted by Crippen LogP contribution is -2.47. The molecule has 0 aromatic carbocycles. The number of carbonyl (C=O) groups is 1. The molecule has 1 aromatic rings. The fourth-order valence-corrected chi connectivity index (χ4v) is 2.70. The number of amides is 1. The second-order valence-electron chi connectivity index (χ2n) is 6.94. The number of pyridine rings is 1. The largest absolute Gasteiger partial charge is 0.444 e. The Morgan fingerprint density at radius 2 is 2.09 bits per heavy atom. The molecule has 0 bridgehead atoms. The summed E-state index contributed by atoms with van der Waals surface area (Å²) in [6.07, 6.45) is 5.27. The number of carbonyl (C=O) groups excluding carboxylic acids is 1. The molecule has 1 amide bonds. The molecule has 0 aliphatic carbocycles. The number of nitrogens with zero attached hydrogens (tertiary/aromatic N) is 2. The topological polar surface area (TPSA) is 62.7 Å². The Bertz CT molecular complexity index is 484. The van der Waals surface area contributed by atoms with Crippen LogP contribution in [0, 0.1) is 5.92 Å². The standard InChI is InChI=1S/C17H26N2O3/c1-17(2,3)22-16(21)19-11-8-15(20)14(12-19)5-4-13-6-9-18-10-7-13/h6-7,9-10,14-15,20H,4-5,8,11-12H2,1-3H3. The third-order valence-electron chi connectivity index (χ3n) is 3.90. The number of aromatic nitrogens is 1. The van der Waals surface area contributed by atoms with Crippen LogP contribution in [0.3, 0.4) is 0 Å². The third-order valence-corrected chi connectivity index (χ3v) is 3.90. The molecule has 2 rings (SSSR count). The van der Waals surface area contributed by atoms with Gasteiger partial charge in [0.1, 0.15) is 5.60 Å². The molecule has 22 heavy (non-hydrogen) atoms. The van der Waals surface area contributed by atoms with Crippen molar-refractivity contribution in [2.75, 3.05) is 13.1 Å².